The number of nitrogens with zero attached hydrogens (tertiary/aromatic N) is 4. The quantitative estimate of drug-likeness (QED) is 0.831. The van der Waals surface area contributed by atoms with E-state index in [2.05, 4.69) is 10.4 Å². The normalized spacial score (nSPS) is 19.9. The maximum atomic E-state index is 12.9. The van der Waals surface area contributed by atoms with E-state index in [1.54, 1.807) is 0 Å². The van der Waals surface area contributed by atoms with E-state index in [9.17, 15) is 9.59 Å². The smallest absolute Gasteiger partial charge is 0.274 e. The standard InChI is InChI=1S/C21H27N5O2.ClH/c27-20(17-6-2-1-3-7-17)24-11-5-12-25(15-14-24)21(28)19-9-13-26(23-19)18-8-4-10-22-16-18;/h1-3,6-7,9,13,18,22H,4-5,8,10-12,14-16H2;1H. The Labute approximate surface area is 177 Å². The van der Waals surface area contributed by atoms with Crippen LogP contribution in [-0.2, 0) is 0 Å². The zero-order chi connectivity index (χ0) is 19.3. The van der Waals surface area contributed by atoms with Gasteiger partial charge in [0.2, 0.25) is 0 Å². The molecule has 4 rings (SSSR count). The lowest BCUT2D eigenvalue weighted by Crippen LogP contribution is -2.37. The molecule has 2 amide bonds. The third-order valence-electron chi connectivity index (χ3n) is 5.56. The summed E-state index contributed by atoms with van der Waals surface area (Å²) in [6.07, 6.45) is 4.90. The Morgan fingerprint density at radius 1 is 0.931 bits per heavy atom. The molecule has 0 radical (unpaired) electrons. The molecular formula is C21H28ClN5O2. The number of amides is 2. The minimum Gasteiger partial charge on any atom is -0.337 e. The van der Waals surface area contributed by atoms with Crippen molar-refractivity contribution >= 4 is 24.2 Å². The van der Waals surface area contributed by atoms with Gasteiger partial charge in [-0.25, -0.2) is 0 Å². The third-order valence-corrected chi connectivity index (χ3v) is 5.56. The van der Waals surface area contributed by atoms with E-state index in [4.69, 9.17) is 0 Å². The fourth-order valence-electron chi connectivity index (χ4n) is 3.96. The molecule has 1 N–H and O–H groups in total. The first-order valence-corrected chi connectivity index (χ1v) is 10.1. The van der Waals surface area contributed by atoms with Gasteiger partial charge < -0.3 is 15.1 Å². The van der Waals surface area contributed by atoms with Crippen molar-refractivity contribution in [2.24, 2.45) is 0 Å². The molecule has 1 aromatic heterocycles. The lowest BCUT2D eigenvalue weighted by atomic mass is 10.1. The van der Waals surface area contributed by atoms with Gasteiger partial charge in [0.1, 0.15) is 5.69 Å². The minimum absolute atomic E-state index is 0. The average molecular weight is 418 g/mol. The first-order chi connectivity index (χ1) is 13.7. The molecule has 29 heavy (non-hydrogen) atoms. The van der Waals surface area contributed by atoms with E-state index in [0.29, 0.717) is 43.5 Å². The van der Waals surface area contributed by atoms with Crippen LogP contribution >= 0.6 is 12.4 Å². The van der Waals surface area contributed by atoms with E-state index < -0.39 is 0 Å². The van der Waals surface area contributed by atoms with Gasteiger partial charge >= 0.3 is 0 Å². The number of halogens is 1. The number of benzene rings is 1. The minimum atomic E-state index is -0.0449. The molecule has 2 aliphatic rings. The molecule has 1 atom stereocenters. The van der Waals surface area contributed by atoms with E-state index >= 15 is 0 Å². The maximum Gasteiger partial charge on any atom is 0.274 e. The van der Waals surface area contributed by atoms with E-state index in [1.165, 1.54) is 0 Å². The Balaban J connectivity index is 0.00000240. The van der Waals surface area contributed by atoms with Crippen LogP contribution in [0.4, 0.5) is 0 Å². The first kappa shape index (κ1) is 21.3. The molecule has 2 fully saturated rings. The average Bonchev–Trinajstić information content (AvgIpc) is 3.12. The van der Waals surface area contributed by atoms with Crippen LogP contribution in [0, 0.1) is 0 Å². The van der Waals surface area contributed by atoms with Gasteiger partial charge in [0.25, 0.3) is 11.8 Å². The van der Waals surface area contributed by atoms with Crippen LogP contribution in [0.15, 0.2) is 42.6 Å². The summed E-state index contributed by atoms with van der Waals surface area (Å²) in [5.41, 5.74) is 1.19. The van der Waals surface area contributed by atoms with Crippen LogP contribution in [0.3, 0.4) is 0 Å². The summed E-state index contributed by atoms with van der Waals surface area (Å²) in [4.78, 5) is 29.3. The topological polar surface area (TPSA) is 70.5 Å². The Morgan fingerprint density at radius 2 is 1.66 bits per heavy atom. The number of carbonyl (C=O) groups excluding carboxylic acids is 2. The lowest BCUT2D eigenvalue weighted by molar-refractivity contribution is 0.0715. The Kier molecular flexibility index (Phi) is 7.28. The number of hydrogen-bond donors (Lipinski definition) is 1. The van der Waals surface area contributed by atoms with Gasteiger partial charge in [-0.05, 0) is 44.0 Å². The number of carbonyl (C=O) groups is 2. The van der Waals surface area contributed by atoms with Crippen LogP contribution in [0.25, 0.3) is 0 Å². The lowest BCUT2D eigenvalue weighted by Gasteiger charge is -2.23. The van der Waals surface area contributed by atoms with Gasteiger partial charge in [0.05, 0.1) is 6.04 Å². The van der Waals surface area contributed by atoms with Gasteiger partial charge in [-0.1, -0.05) is 18.2 Å². The van der Waals surface area contributed by atoms with Crippen molar-refractivity contribution in [1.29, 1.82) is 0 Å². The molecule has 1 aromatic carbocycles. The van der Waals surface area contributed by atoms with E-state index in [1.807, 2.05) is 57.1 Å². The number of aromatic nitrogens is 2. The Bertz CT molecular complexity index is 819. The zero-order valence-corrected chi connectivity index (χ0v) is 17.3. The number of rotatable bonds is 3. The molecule has 2 saturated heterocycles. The molecule has 7 nitrogen and oxygen atoms in total. The molecule has 3 heterocycles. The summed E-state index contributed by atoms with van der Waals surface area (Å²) < 4.78 is 1.92. The first-order valence-electron chi connectivity index (χ1n) is 10.1. The van der Waals surface area contributed by atoms with Crippen LogP contribution in [-0.4, -0.2) is 70.7 Å². The molecule has 8 heteroatoms. The molecule has 2 aliphatic heterocycles. The molecule has 2 aromatic rings. The maximum absolute atomic E-state index is 12.9. The predicted octanol–water partition coefficient (Wildman–Crippen LogP) is 2.22. The second-order valence-electron chi connectivity index (χ2n) is 7.49. The highest BCUT2D eigenvalue weighted by Crippen LogP contribution is 2.17. The molecule has 0 saturated carbocycles. The number of nitrogens with one attached hydrogen (secondary N) is 1. The molecule has 0 spiro atoms. The highest BCUT2D eigenvalue weighted by Gasteiger charge is 2.25. The Hall–Kier alpha value is -2.38. The van der Waals surface area contributed by atoms with Gasteiger partial charge in [0, 0.05) is 44.5 Å². The van der Waals surface area contributed by atoms with Crippen LogP contribution in [0.5, 0.6) is 0 Å². The molecule has 156 valence electrons. The zero-order valence-electron chi connectivity index (χ0n) is 16.5. The van der Waals surface area contributed by atoms with Gasteiger partial charge in [-0.3, -0.25) is 14.3 Å². The molecular weight excluding hydrogens is 390 g/mol. The number of piperidine rings is 1. The highest BCUT2D eigenvalue weighted by molar-refractivity contribution is 5.94. The molecule has 1 unspecified atom stereocenters. The van der Waals surface area contributed by atoms with Crippen molar-refractivity contribution in [2.45, 2.75) is 25.3 Å². The summed E-state index contributed by atoms with van der Waals surface area (Å²) in [5, 5.41) is 7.93. The third kappa shape index (κ3) is 4.97. The molecule has 0 bridgehead atoms. The van der Waals surface area contributed by atoms with Gasteiger partial charge in [-0.15, -0.1) is 12.4 Å². The summed E-state index contributed by atoms with van der Waals surface area (Å²) in [5.74, 6) is -0.0134. The van der Waals surface area contributed by atoms with Crippen LogP contribution < -0.4 is 5.32 Å². The van der Waals surface area contributed by atoms with E-state index in [0.717, 1.165) is 32.4 Å². The second kappa shape index (κ2) is 9.89. The highest BCUT2D eigenvalue weighted by atomic mass is 35.5. The van der Waals surface area contributed by atoms with Crippen molar-refractivity contribution in [3.05, 3.63) is 53.9 Å². The number of hydrogen-bond acceptors (Lipinski definition) is 4. The van der Waals surface area contributed by atoms with Gasteiger partial charge in [-0.2, -0.15) is 5.10 Å². The summed E-state index contributed by atoms with van der Waals surface area (Å²) >= 11 is 0. The largest absolute Gasteiger partial charge is 0.337 e. The SMILES string of the molecule is Cl.O=C(c1ccccc1)N1CCCN(C(=O)c2ccn(C3CCCNC3)n2)CC1. The Morgan fingerprint density at radius 3 is 2.34 bits per heavy atom. The predicted molar refractivity (Wildman–Crippen MR) is 113 cm³/mol. The van der Waals surface area contributed by atoms with Crippen molar-refractivity contribution in [2.75, 3.05) is 39.3 Å². The summed E-state index contributed by atoms with van der Waals surface area (Å²) in [6, 6.07) is 11.5. The molecule has 0 aliphatic carbocycles. The van der Waals surface area contributed by atoms with Crippen LogP contribution in [0.2, 0.25) is 0 Å². The van der Waals surface area contributed by atoms with Crippen molar-refractivity contribution in [1.82, 2.24) is 24.9 Å². The van der Waals surface area contributed by atoms with Crippen LogP contribution in [0.1, 0.15) is 46.2 Å². The summed E-state index contributed by atoms with van der Waals surface area (Å²) in [7, 11) is 0. The van der Waals surface area contributed by atoms with Gasteiger partial charge in [0.15, 0.2) is 0 Å². The van der Waals surface area contributed by atoms with Crippen molar-refractivity contribution in [3.63, 3.8) is 0 Å². The van der Waals surface area contributed by atoms with Crippen molar-refractivity contribution in [3.8, 4) is 0 Å². The van der Waals surface area contributed by atoms with E-state index in [-0.39, 0.29) is 24.2 Å². The summed E-state index contributed by atoms with van der Waals surface area (Å²) in [6.45, 7) is 4.35. The monoisotopic (exact) mass is 417 g/mol. The second-order valence-corrected chi connectivity index (χ2v) is 7.49. The van der Waals surface area contributed by atoms with Crippen molar-refractivity contribution < 1.29 is 9.59 Å². The fourth-order valence-corrected chi connectivity index (χ4v) is 3.96. The fraction of sp³-hybridized carbons (Fsp3) is 0.476.